The number of carbonyl (C=O) groups is 1. The molecule has 140 valence electrons. The van der Waals surface area contributed by atoms with Crippen LogP contribution < -0.4 is 20.4 Å². The number of amides is 1. The van der Waals surface area contributed by atoms with Crippen molar-refractivity contribution >= 4 is 16.9 Å². The minimum absolute atomic E-state index is 0.197. The Morgan fingerprint density at radius 2 is 1.70 bits per heavy atom. The van der Waals surface area contributed by atoms with Gasteiger partial charge in [0.15, 0.2) is 0 Å². The fraction of sp³-hybridized carbons (Fsp3) is 0.238. The lowest BCUT2D eigenvalue weighted by Gasteiger charge is -2.11. The van der Waals surface area contributed by atoms with Gasteiger partial charge in [0.25, 0.3) is 5.91 Å². The SMILES string of the molecule is COc1cc(OC)cc(C(=O)NCc2cc(=O)oc3c(C)c(C)ccc23)c1. The van der Waals surface area contributed by atoms with Crippen LogP contribution in [0.25, 0.3) is 11.0 Å². The first-order valence-electron chi connectivity index (χ1n) is 8.47. The molecule has 6 heteroatoms. The fourth-order valence-electron chi connectivity index (χ4n) is 2.89. The molecular formula is C21H21NO5. The molecule has 2 aromatic carbocycles. The van der Waals surface area contributed by atoms with Gasteiger partial charge in [0.1, 0.15) is 17.1 Å². The van der Waals surface area contributed by atoms with E-state index in [2.05, 4.69) is 5.32 Å². The van der Waals surface area contributed by atoms with Crippen molar-refractivity contribution in [3.05, 3.63) is 69.1 Å². The summed E-state index contributed by atoms with van der Waals surface area (Å²) in [5, 5.41) is 3.65. The Bertz CT molecular complexity index is 1050. The normalized spacial score (nSPS) is 10.7. The standard InChI is InChI=1S/C21H21NO5/c1-12-5-6-18-15(9-19(23)27-20(18)13(12)2)11-22-21(24)14-7-16(25-3)10-17(8-14)26-4/h5-10H,11H2,1-4H3,(H,22,24). The first-order chi connectivity index (χ1) is 12.9. The second-order valence-corrected chi connectivity index (χ2v) is 6.26. The molecule has 0 saturated heterocycles. The van der Waals surface area contributed by atoms with E-state index >= 15 is 0 Å². The van der Waals surface area contributed by atoms with Crippen LogP contribution in [0.15, 0.2) is 45.6 Å². The third-order valence-electron chi connectivity index (χ3n) is 4.57. The van der Waals surface area contributed by atoms with Crippen molar-refractivity contribution in [2.45, 2.75) is 20.4 Å². The summed E-state index contributed by atoms with van der Waals surface area (Å²) in [6.07, 6.45) is 0. The van der Waals surface area contributed by atoms with Gasteiger partial charge in [-0.05, 0) is 42.7 Å². The fourth-order valence-corrected chi connectivity index (χ4v) is 2.89. The predicted molar refractivity (Wildman–Crippen MR) is 103 cm³/mol. The van der Waals surface area contributed by atoms with E-state index in [9.17, 15) is 9.59 Å². The Kier molecular flexibility index (Phi) is 5.16. The van der Waals surface area contributed by atoms with Crippen molar-refractivity contribution in [1.29, 1.82) is 0 Å². The van der Waals surface area contributed by atoms with E-state index in [1.807, 2.05) is 26.0 Å². The zero-order valence-corrected chi connectivity index (χ0v) is 15.7. The third kappa shape index (κ3) is 3.79. The molecule has 6 nitrogen and oxygen atoms in total. The number of methoxy groups -OCH3 is 2. The Labute approximate surface area is 156 Å². The number of benzene rings is 2. The van der Waals surface area contributed by atoms with Crippen molar-refractivity contribution in [1.82, 2.24) is 5.32 Å². The van der Waals surface area contributed by atoms with Crippen molar-refractivity contribution < 1.29 is 18.7 Å². The molecule has 27 heavy (non-hydrogen) atoms. The molecule has 0 unspecified atom stereocenters. The molecule has 1 aromatic heterocycles. The molecule has 0 fully saturated rings. The average molecular weight is 367 g/mol. The molecule has 1 amide bonds. The van der Waals surface area contributed by atoms with Crippen LogP contribution in [-0.4, -0.2) is 20.1 Å². The van der Waals surface area contributed by atoms with Gasteiger partial charge in [-0.3, -0.25) is 4.79 Å². The Morgan fingerprint density at radius 3 is 2.33 bits per heavy atom. The summed E-state index contributed by atoms with van der Waals surface area (Å²) >= 11 is 0. The summed E-state index contributed by atoms with van der Waals surface area (Å²) < 4.78 is 15.8. The van der Waals surface area contributed by atoms with E-state index in [4.69, 9.17) is 13.9 Å². The van der Waals surface area contributed by atoms with E-state index in [1.165, 1.54) is 20.3 Å². The van der Waals surface area contributed by atoms with E-state index in [0.717, 1.165) is 16.5 Å². The highest BCUT2D eigenvalue weighted by Gasteiger charge is 2.13. The zero-order valence-electron chi connectivity index (χ0n) is 15.7. The molecule has 0 atom stereocenters. The van der Waals surface area contributed by atoms with E-state index in [1.54, 1.807) is 18.2 Å². The van der Waals surface area contributed by atoms with Crippen molar-refractivity contribution in [3.63, 3.8) is 0 Å². The lowest BCUT2D eigenvalue weighted by molar-refractivity contribution is 0.0950. The van der Waals surface area contributed by atoms with Crippen LogP contribution in [0.4, 0.5) is 0 Å². The maximum Gasteiger partial charge on any atom is 0.336 e. The third-order valence-corrected chi connectivity index (χ3v) is 4.57. The van der Waals surface area contributed by atoms with Gasteiger partial charge in [0, 0.05) is 29.6 Å². The van der Waals surface area contributed by atoms with Gasteiger partial charge in [0.2, 0.25) is 0 Å². The molecular weight excluding hydrogens is 346 g/mol. The van der Waals surface area contributed by atoms with Crippen LogP contribution in [0.2, 0.25) is 0 Å². The first-order valence-corrected chi connectivity index (χ1v) is 8.47. The van der Waals surface area contributed by atoms with Gasteiger partial charge in [-0.25, -0.2) is 4.79 Å². The monoisotopic (exact) mass is 367 g/mol. The van der Waals surface area contributed by atoms with Gasteiger partial charge in [-0.15, -0.1) is 0 Å². The molecule has 0 bridgehead atoms. The van der Waals surface area contributed by atoms with E-state index in [-0.39, 0.29) is 12.5 Å². The topological polar surface area (TPSA) is 77.8 Å². The number of carbonyl (C=O) groups excluding carboxylic acids is 1. The van der Waals surface area contributed by atoms with Crippen molar-refractivity contribution in [3.8, 4) is 11.5 Å². The number of rotatable bonds is 5. The van der Waals surface area contributed by atoms with Crippen LogP contribution in [0, 0.1) is 13.8 Å². The number of aryl methyl sites for hydroxylation is 2. The molecule has 0 aliphatic heterocycles. The number of ether oxygens (including phenoxy) is 2. The Balaban J connectivity index is 1.90. The number of nitrogens with one attached hydrogen (secondary N) is 1. The van der Waals surface area contributed by atoms with Crippen LogP contribution in [-0.2, 0) is 6.54 Å². The van der Waals surface area contributed by atoms with Gasteiger partial charge in [-0.2, -0.15) is 0 Å². The summed E-state index contributed by atoms with van der Waals surface area (Å²) in [6.45, 7) is 4.06. The van der Waals surface area contributed by atoms with E-state index < -0.39 is 5.63 Å². The van der Waals surface area contributed by atoms with Gasteiger partial charge in [-0.1, -0.05) is 12.1 Å². The maximum absolute atomic E-state index is 12.6. The highest BCUT2D eigenvalue weighted by molar-refractivity contribution is 5.95. The smallest absolute Gasteiger partial charge is 0.336 e. The average Bonchev–Trinajstić information content (AvgIpc) is 2.68. The van der Waals surface area contributed by atoms with E-state index in [0.29, 0.717) is 28.2 Å². The molecule has 3 rings (SSSR count). The minimum atomic E-state index is -0.441. The molecule has 0 spiro atoms. The molecule has 1 heterocycles. The summed E-state index contributed by atoms with van der Waals surface area (Å²) in [7, 11) is 3.05. The zero-order chi connectivity index (χ0) is 19.6. The molecule has 0 radical (unpaired) electrons. The molecule has 3 aromatic rings. The van der Waals surface area contributed by atoms with Crippen LogP contribution in [0.3, 0.4) is 0 Å². The molecule has 0 saturated carbocycles. The van der Waals surface area contributed by atoms with Crippen LogP contribution in [0.1, 0.15) is 27.0 Å². The van der Waals surface area contributed by atoms with Gasteiger partial charge in [0.05, 0.1) is 14.2 Å². The molecule has 0 aliphatic rings. The van der Waals surface area contributed by atoms with Crippen LogP contribution >= 0.6 is 0 Å². The quantitative estimate of drug-likeness (QED) is 0.700. The number of hydrogen-bond donors (Lipinski definition) is 1. The first kappa shape index (κ1) is 18.5. The summed E-state index contributed by atoms with van der Waals surface area (Å²) in [4.78, 5) is 24.5. The largest absolute Gasteiger partial charge is 0.497 e. The van der Waals surface area contributed by atoms with Crippen molar-refractivity contribution in [2.24, 2.45) is 0 Å². The Morgan fingerprint density at radius 1 is 1.04 bits per heavy atom. The van der Waals surface area contributed by atoms with Crippen LogP contribution in [0.5, 0.6) is 11.5 Å². The summed E-state index contributed by atoms with van der Waals surface area (Å²) in [5.74, 6) is 0.755. The predicted octanol–water partition coefficient (Wildman–Crippen LogP) is 3.36. The lowest BCUT2D eigenvalue weighted by atomic mass is 10.0. The van der Waals surface area contributed by atoms with Gasteiger partial charge < -0.3 is 19.2 Å². The summed E-state index contributed by atoms with van der Waals surface area (Å²) in [5.41, 5.74) is 3.17. The molecule has 0 aliphatic carbocycles. The number of fused-ring (bicyclic) bond motifs is 1. The highest BCUT2D eigenvalue weighted by Crippen LogP contribution is 2.24. The minimum Gasteiger partial charge on any atom is -0.497 e. The number of hydrogen-bond acceptors (Lipinski definition) is 5. The second-order valence-electron chi connectivity index (χ2n) is 6.26. The van der Waals surface area contributed by atoms with Gasteiger partial charge >= 0.3 is 5.63 Å². The maximum atomic E-state index is 12.6. The van der Waals surface area contributed by atoms with Crippen molar-refractivity contribution in [2.75, 3.05) is 14.2 Å². The highest BCUT2D eigenvalue weighted by atomic mass is 16.5. The second kappa shape index (κ2) is 7.53. The lowest BCUT2D eigenvalue weighted by Crippen LogP contribution is -2.23. The molecule has 1 N–H and O–H groups in total. The summed E-state index contributed by atoms with van der Waals surface area (Å²) in [6, 6.07) is 10.2. The Hall–Kier alpha value is -3.28.